The van der Waals surface area contributed by atoms with Gasteiger partial charge in [0.1, 0.15) is 12.4 Å². The second kappa shape index (κ2) is 12.5. The van der Waals surface area contributed by atoms with Crippen LogP contribution in [-0.2, 0) is 19.3 Å². The molecule has 1 aliphatic rings. The lowest BCUT2D eigenvalue weighted by Gasteiger charge is -2.27. The van der Waals surface area contributed by atoms with Gasteiger partial charge in [0.2, 0.25) is 0 Å². The number of unbranched alkanes of at least 4 members (excludes halogenated alkanes) is 1. The molecule has 0 bridgehead atoms. The monoisotopic (exact) mass is 416 g/mol. The smallest absolute Gasteiger partial charge is 0.122 e. The van der Waals surface area contributed by atoms with Gasteiger partial charge >= 0.3 is 0 Å². The first-order valence-electron chi connectivity index (χ1n) is 12.3. The van der Waals surface area contributed by atoms with Crippen LogP contribution >= 0.6 is 0 Å². The predicted molar refractivity (Wildman–Crippen MR) is 134 cm³/mol. The number of aryl methyl sites for hydroxylation is 3. The molecule has 0 unspecified atom stereocenters. The summed E-state index contributed by atoms with van der Waals surface area (Å²) in [6.45, 7) is 10.5. The Labute approximate surface area is 190 Å². The summed E-state index contributed by atoms with van der Waals surface area (Å²) in [7, 11) is 0. The molecular formula is C30H40O. The molecule has 0 aliphatic heterocycles. The van der Waals surface area contributed by atoms with E-state index in [1.54, 1.807) is 0 Å². The number of benzene rings is 2. The van der Waals surface area contributed by atoms with Crippen LogP contribution in [0, 0.1) is 5.92 Å². The lowest BCUT2D eigenvalue weighted by molar-refractivity contribution is 0.359. The van der Waals surface area contributed by atoms with Gasteiger partial charge in [0.25, 0.3) is 0 Å². The number of ether oxygens (including phenoxy) is 1. The molecule has 1 fully saturated rings. The Morgan fingerprint density at radius 2 is 1.55 bits per heavy atom. The van der Waals surface area contributed by atoms with E-state index in [9.17, 15) is 0 Å². The average Bonchev–Trinajstić information content (AvgIpc) is 2.82. The van der Waals surface area contributed by atoms with Crippen LogP contribution in [0.3, 0.4) is 0 Å². The van der Waals surface area contributed by atoms with E-state index < -0.39 is 0 Å². The highest BCUT2D eigenvalue weighted by molar-refractivity contribution is 5.37. The van der Waals surface area contributed by atoms with Gasteiger partial charge in [-0.3, -0.25) is 0 Å². The zero-order chi connectivity index (χ0) is 21.9. The van der Waals surface area contributed by atoms with E-state index in [2.05, 4.69) is 68.6 Å². The highest BCUT2D eigenvalue weighted by Gasteiger charge is 2.20. The van der Waals surface area contributed by atoms with Gasteiger partial charge in [-0.25, -0.2) is 0 Å². The van der Waals surface area contributed by atoms with Crippen molar-refractivity contribution in [3.8, 4) is 5.75 Å². The van der Waals surface area contributed by atoms with Crippen LogP contribution in [0.15, 0.2) is 67.8 Å². The predicted octanol–water partition coefficient (Wildman–Crippen LogP) is 8.23. The molecule has 0 aromatic heterocycles. The van der Waals surface area contributed by atoms with Crippen LogP contribution in [0.5, 0.6) is 5.75 Å². The first-order chi connectivity index (χ1) is 15.2. The first kappa shape index (κ1) is 23.4. The van der Waals surface area contributed by atoms with Gasteiger partial charge in [-0.1, -0.05) is 68.5 Å². The fourth-order valence-electron chi connectivity index (χ4n) is 4.85. The van der Waals surface area contributed by atoms with Crippen LogP contribution in [0.2, 0.25) is 0 Å². The highest BCUT2D eigenvalue weighted by atomic mass is 16.5. The standard InChI is InChI=1S/C30H40O/c1-4-9-29-23-26(16-21-30(29)31-22-5-2)11-8-7-10-25-14-19-28(20-15-25)27-17-12-24(6-3)13-18-27/h5-6,14-16,19-21,23-24,27H,2-4,7-13,17-18,22H2,1H3. The van der Waals surface area contributed by atoms with Crippen molar-refractivity contribution in [1.29, 1.82) is 0 Å². The lowest BCUT2D eigenvalue weighted by atomic mass is 9.78. The van der Waals surface area contributed by atoms with Gasteiger partial charge in [0.05, 0.1) is 0 Å². The molecule has 166 valence electrons. The summed E-state index contributed by atoms with van der Waals surface area (Å²) in [5, 5.41) is 0. The fourth-order valence-corrected chi connectivity index (χ4v) is 4.85. The van der Waals surface area contributed by atoms with E-state index in [-0.39, 0.29) is 0 Å². The molecular weight excluding hydrogens is 376 g/mol. The Morgan fingerprint density at radius 1 is 0.871 bits per heavy atom. The summed E-state index contributed by atoms with van der Waals surface area (Å²) in [6.07, 6.45) is 16.2. The third kappa shape index (κ3) is 7.13. The third-order valence-corrected chi connectivity index (χ3v) is 6.74. The normalized spacial score (nSPS) is 18.5. The second-order valence-electron chi connectivity index (χ2n) is 9.09. The third-order valence-electron chi connectivity index (χ3n) is 6.74. The molecule has 0 saturated heterocycles. The molecule has 2 aromatic carbocycles. The number of hydrogen-bond donors (Lipinski definition) is 0. The molecule has 1 aliphatic carbocycles. The minimum atomic E-state index is 0.574. The van der Waals surface area contributed by atoms with Crippen molar-refractivity contribution in [2.45, 2.75) is 77.0 Å². The van der Waals surface area contributed by atoms with Crippen LogP contribution in [-0.4, -0.2) is 6.61 Å². The minimum Gasteiger partial charge on any atom is -0.489 e. The summed E-state index contributed by atoms with van der Waals surface area (Å²) in [5.41, 5.74) is 5.77. The van der Waals surface area contributed by atoms with Crippen LogP contribution in [0.1, 0.15) is 80.0 Å². The summed E-state index contributed by atoms with van der Waals surface area (Å²) < 4.78 is 5.82. The minimum absolute atomic E-state index is 0.574. The van der Waals surface area contributed by atoms with Gasteiger partial charge in [-0.05, 0) is 97.9 Å². The van der Waals surface area contributed by atoms with E-state index in [1.807, 2.05) is 6.08 Å². The van der Waals surface area contributed by atoms with E-state index in [0.717, 1.165) is 36.8 Å². The van der Waals surface area contributed by atoms with Gasteiger partial charge < -0.3 is 4.74 Å². The molecule has 0 heterocycles. The summed E-state index contributed by atoms with van der Waals surface area (Å²) >= 11 is 0. The Hall–Kier alpha value is -2.28. The van der Waals surface area contributed by atoms with Crippen LogP contribution < -0.4 is 4.74 Å². The molecule has 1 saturated carbocycles. The van der Waals surface area contributed by atoms with Crippen molar-refractivity contribution in [3.05, 3.63) is 90.0 Å². The van der Waals surface area contributed by atoms with Crippen molar-refractivity contribution in [1.82, 2.24) is 0 Å². The maximum atomic E-state index is 5.82. The number of rotatable bonds is 12. The largest absolute Gasteiger partial charge is 0.489 e. The van der Waals surface area contributed by atoms with E-state index in [1.165, 1.54) is 67.2 Å². The SMILES string of the molecule is C=CCOc1ccc(CCCCc2ccc(C3CCC(C=C)CC3)cc2)cc1CCC. The van der Waals surface area contributed by atoms with E-state index >= 15 is 0 Å². The summed E-state index contributed by atoms with van der Waals surface area (Å²) in [4.78, 5) is 0. The van der Waals surface area contributed by atoms with E-state index in [0.29, 0.717) is 6.61 Å². The Morgan fingerprint density at radius 3 is 2.19 bits per heavy atom. The van der Waals surface area contributed by atoms with Gasteiger partial charge in [0, 0.05) is 0 Å². The van der Waals surface area contributed by atoms with Crippen molar-refractivity contribution >= 4 is 0 Å². The summed E-state index contributed by atoms with van der Waals surface area (Å²) in [6, 6.07) is 16.2. The number of hydrogen-bond acceptors (Lipinski definition) is 1. The average molecular weight is 417 g/mol. The van der Waals surface area contributed by atoms with Crippen molar-refractivity contribution in [2.75, 3.05) is 6.61 Å². The maximum Gasteiger partial charge on any atom is 0.122 e. The molecule has 0 amide bonds. The molecule has 1 nitrogen and oxygen atoms in total. The molecule has 0 atom stereocenters. The molecule has 0 spiro atoms. The second-order valence-corrected chi connectivity index (χ2v) is 9.09. The van der Waals surface area contributed by atoms with Crippen molar-refractivity contribution in [3.63, 3.8) is 0 Å². The molecule has 0 N–H and O–H groups in total. The first-order valence-corrected chi connectivity index (χ1v) is 12.3. The molecule has 1 heteroatoms. The van der Waals surface area contributed by atoms with Crippen LogP contribution in [0.4, 0.5) is 0 Å². The highest BCUT2D eigenvalue weighted by Crippen LogP contribution is 2.36. The number of allylic oxidation sites excluding steroid dienone is 1. The topological polar surface area (TPSA) is 9.23 Å². The zero-order valence-electron chi connectivity index (χ0n) is 19.5. The lowest BCUT2D eigenvalue weighted by Crippen LogP contribution is -2.11. The Kier molecular flexibility index (Phi) is 9.46. The van der Waals surface area contributed by atoms with Crippen LogP contribution in [0.25, 0.3) is 0 Å². The summed E-state index contributed by atoms with van der Waals surface area (Å²) in [5.74, 6) is 2.51. The molecule has 0 radical (unpaired) electrons. The van der Waals surface area contributed by atoms with Gasteiger partial charge in [-0.2, -0.15) is 0 Å². The van der Waals surface area contributed by atoms with E-state index in [4.69, 9.17) is 4.74 Å². The molecule has 31 heavy (non-hydrogen) atoms. The van der Waals surface area contributed by atoms with Gasteiger partial charge in [0.15, 0.2) is 0 Å². The zero-order valence-corrected chi connectivity index (χ0v) is 19.5. The van der Waals surface area contributed by atoms with Crippen molar-refractivity contribution < 1.29 is 4.74 Å². The Bertz CT molecular complexity index is 809. The quantitative estimate of drug-likeness (QED) is 0.250. The molecule has 2 aromatic rings. The van der Waals surface area contributed by atoms with Crippen molar-refractivity contribution in [2.24, 2.45) is 5.92 Å². The Balaban J connectivity index is 1.44. The fraction of sp³-hybridized carbons (Fsp3) is 0.467. The maximum absolute atomic E-state index is 5.82. The van der Waals surface area contributed by atoms with Gasteiger partial charge in [-0.15, -0.1) is 6.58 Å². The molecule has 3 rings (SSSR count).